The van der Waals surface area contributed by atoms with E-state index in [9.17, 15) is 14.4 Å². The maximum Gasteiger partial charge on any atom is 0.267 e. The highest BCUT2D eigenvalue weighted by atomic mass is 16.2. The molecule has 30 heavy (non-hydrogen) atoms. The lowest BCUT2D eigenvalue weighted by Gasteiger charge is -2.18. The maximum atomic E-state index is 12.9. The minimum atomic E-state index is -0.755. The molecule has 0 saturated carbocycles. The molecule has 1 aromatic heterocycles. The molecule has 3 aromatic rings. The summed E-state index contributed by atoms with van der Waals surface area (Å²) < 4.78 is 1.25. The third kappa shape index (κ3) is 4.54. The monoisotopic (exact) mass is 403 g/mol. The number of nitrogens with one attached hydrogen (secondary N) is 1. The zero-order valence-corrected chi connectivity index (χ0v) is 17.6. The van der Waals surface area contributed by atoms with Crippen LogP contribution in [0.5, 0.6) is 0 Å². The smallest absolute Gasteiger partial charge is 0.267 e. The Hall–Kier alpha value is -3.54. The van der Waals surface area contributed by atoms with Gasteiger partial charge in [0.15, 0.2) is 5.78 Å². The molecule has 1 amide bonds. The SMILES string of the molecule is CC[C@H](C(=O)Nc1ccc(C(C)=O)cc1)n1nc(-c2cc(C)ccc2C)ccc1=O. The topological polar surface area (TPSA) is 81.1 Å². The van der Waals surface area contributed by atoms with Gasteiger partial charge in [0.2, 0.25) is 5.91 Å². The fourth-order valence-corrected chi connectivity index (χ4v) is 3.29. The van der Waals surface area contributed by atoms with Crippen LogP contribution in [-0.2, 0) is 4.79 Å². The van der Waals surface area contributed by atoms with Gasteiger partial charge in [-0.05, 0) is 69.2 Å². The van der Waals surface area contributed by atoms with E-state index >= 15 is 0 Å². The number of hydrogen-bond acceptors (Lipinski definition) is 4. The molecule has 3 rings (SSSR count). The van der Waals surface area contributed by atoms with Crippen molar-refractivity contribution in [1.82, 2.24) is 9.78 Å². The number of benzene rings is 2. The van der Waals surface area contributed by atoms with Gasteiger partial charge in [-0.1, -0.05) is 24.6 Å². The van der Waals surface area contributed by atoms with Gasteiger partial charge in [0.1, 0.15) is 6.04 Å². The lowest BCUT2D eigenvalue weighted by molar-refractivity contribution is -0.119. The Morgan fingerprint density at radius 2 is 1.73 bits per heavy atom. The maximum absolute atomic E-state index is 12.9. The predicted molar refractivity (Wildman–Crippen MR) is 118 cm³/mol. The molecule has 6 heteroatoms. The Kier molecular flexibility index (Phi) is 6.26. The van der Waals surface area contributed by atoms with Crippen LogP contribution in [0.2, 0.25) is 0 Å². The van der Waals surface area contributed by atoms with Crippen molar-refractivity contribution in [1.29, 1.82) is 0 Å². The van der Waals surface area contributed by atoms with E-state index in [-0.39, 0.29) is 17.2 Å². The number of aromatic nitrogens is 2. The Morgan fingerprint density at radius 3 is 2.37 bits per heavy atom. The molecule has 0 aliphatic rings. The van der Waals surface area contributed by atoms with Crippen molar-refractivity contribution in [3.8, 4) is 11.3 Å². The van der Waals surface area contributed by atoms with Crippen molar-refractivity contribution < 1.29 is 9.59 Å². The highest BCUT2D eigenvalue weighted by Gasteiger charge is 2.22. The van der Waals surface area contributed by atoms with Crippen molar-refractivity contribution >= 4 is 17.4 Å². The molecule has 2 aromatic carbocycles. The molecule has 0 saturated heterocycles. The van der Waals surface area contributed by atoms with Gasteiger partial charge in [0.05, 0.1) is 5.69 Å². The number of carbonyl (C=O) groups excluding carboxylic acids is 2. The second-order valence-corrected chi connectivity index (χ2v) is 7.37. The van der Waals surface area contributed by atoms with Gasteiger partial charge >= 0.3 is 0 Å². The average Bonchev–Trinajstić information content (AvgIpc) is 2.72. The number of nitrogens with zero attached hydrogens (tertiary/aromatic N) is 2. The van der Waals surface area contributed by atoms with Crippen LogP contribution in [0, 0.1) is 13.8 Å². The van der Waals surface area contributed by atoms with Gasteiger partial charge < -0.3 is 5.32 Å². The summed E-state index contributed by atoms with van der Waals surface area (Å²) in [6.07, 6.45) is 0.403. The summed E-state index contributed by atoms with van der Waals surface area (Å²) in [5.41, 5.74) is 4.50. The molecule has 0 spiro atoms. The number of carbonyl (C=O) groups is 2. The van der Waals surface area contributed by atoms with Crippen molar-refractivity contribution in [2.75, 3.05) is 5.32 Å². The first kappa shape index (κ1) is 21.2. The summed E-state index contributed by atoms with van der Waals surface area (Å²) >= 11 is 0. The van der Waals surface area contributed by atoms with E-state index in [0.29, 0.717) is 23.4 Å². The van der Waals surface area contributed by atoms with E-state index in [1.807, 2.05) is 39.0 Å². The minimum absolute atomic E-state index is 0.0432. The van der Waals surface area contributed by atoms with E-state index in [1.165, 1.54) is 17.7 Å². The molecular weight excluding hydrogens is 378 g/mol. The van der Waals surface area contributed by atoms with Gasteiger partial charge in [0, 0.05) is 22.9 Å². The fraction of sp³-hybridized carbons (Fsp3) is 0.250. The van der Waals surface area contributed by atoms with Crippen molar-refractivity contribution in [2.24, 2.45) is 0 Å². The van der Waals surface area contributed by atoms with Crippen LogP contribution in [0.1, 0.15) is 47.8 Å². The molecule has 1 N–H and O–H groups in total. The Morgan fingerprint density at radius 1 is 1.03 bits per heavy atom. The van der Waals surface area contributed by atoms with Crippen LogP contribution in [0.4, 0.5) is 5.69 Å². The second-order valence-electron chi connectivity index (χ2n) is 7.37. The van der Waals surface area contributed by atoms with Crippen molar-refractivity contribution in [3.63, 3.8) is 0 Å². The van der Waals surface area contributed by atoms with E-state index in [0.717, 1.165) is 16.7 Å². The molecule has 0 aliphatic carbocycles. The summed E-state index contributed by atoms with van der Waals surface area (Å²) in [5.74, 6) is -0.376. The number of rotatable bonds is 6. The van der Waals surface area contributed by atoms with E-state index in [1.54, 1.807) is 30.3 Å². The predicted octanol–water partition coefficient (Wildman–Crippen LogP) is 4.32. The molecule has 0 fully saturated rings. The number of Topliss-reactive ketones (excluding diaryl/α,β-unsaturated/α-hetero) is 1. The molecule has 0 aliphatic heterocycles. The Labute approximate surface area is 175 Å². The first-order valence-corrected chi connectivity index (χ1v) is 9.89. The third-order valence-corrected chi connectivity index (χ3v) is 5.04. The normalized spacial score (nSPS) is 11.7. The minimum Gasteiger partial charge on any atom is -0.324 e. The molecule has 154 valence electrons. The van der Waals surface area contributed by atoms with Crippen LogP contribution in [0.25, 0.3) is 11.3 Å². The molecule has 1 atom stereocenters. The lowest BCUT2D eigenvalue weighted by Crippen LogP contribution is -2.34. The summed E-state index contributed by atoms with van der Waals surface area (Å²) in [5, 5.41) is 7.33. The highest BCUT2D eigenvalue weighted by molar-refractivity contribution is 5.96. The molecule has 6 nitrogen and oxygen atoms in total. The summed E-state index contributed by atoms with van der Waals surface area (Å²) in [6, 6.07) is 15.1. The van der Waals surface area contributed by atoms with Crippen LogP contribution >= 0.6 is 0 Å². The number of hydrogen-bond donors (Lipinski definition) is 1. The number of aryl methyl sites for hydroxylation is 2. The Bertz CT molecular complexity index is 1150. The first-order valence-electron chi connectivity index (χ1n) is 9.89. The molecule has 0 radical (unpaired) electrons. The van der Waals surface area contributed by atoms with Crippen LogP contribution in [0.15, 0.2) is 59.4 Å². The highest BCUT2D eigenvalue weighted by Crippen LogP contribution is 2.23. The van der Waals surface area contributed by atoms with Gasteiger partial charge in [-0.2, -0.15) is 5.10 Å². The molecule has 0 bridgehead atoms. The zero-order valence-electron chi connectivity index (χ0n) is 17.6. The largest absolute Gasteiger partial charge is 0.324 e. The van der Waals surface area contributed by atoms with E-state index in [4.69, 9.17) is 0 Å². The van der Waals surface area contributed by atoms with Gasteiger partial charge in [-0.25, -0.2) is 4.68 Å². The summed E-state index contributed by atoms with van der Waals surface area (Å²) in [7, 11) is 0. The average molecular weight is 403 g/mol. The lowest BCUT2D eigenvalue weighted by atomic mass is 10.0. The van der Waals surface area contributed by atoms with E-state index < -0.39 is 6.04 Å². The Balaban J connectivity index is 1.92. The van der Waals surface area contributed by atoms with E-state index in [2.05, 4.69) is 10.4 Å². The molecule has 1 heterocycles. The van der Waals surface area contributed by atoms with Crippen molar-refractivity contribution in [2.45, 2.75) is 40.2 Å². The zero-order chi connectivity index (χ0) is 21.8. The van der Waals surface area contributed by atoms with Crippen LogP contribution in [-0.4, -0.2) is 21.5 Å². The van der Waals surface area contributed by atoms with Crippen molar-refractivity contribution in [3.05, 3.63) is 81.6 Å². The second kappa shape index (κ2) is 8.86. The summed E-state index contributed by atoms with van der Waals surface area (Å²) in [4.78, 5) is 36.8. The fourth-order valence-electron chi connectivity index (χ4n) is 3.29. The molecule has 0 unspecified atom stereocenters. The number of amides is 1. The van der Waals surface area contributed by atoms with Gasteiger partial charge in [-0.3, -0.25) is 14.4 Å². The van der Waals surface area contributed by atoms with Gasteiger partial charge in [-0.15, -0.1) is 0 Å². The third-order valence-electron chi connectivity index (χ3n) is 5.04. The van der Waals surface area contributed by atoms with Gasteiger partial charge in [0.25, 0.3) is 5.56 Å². The van der Waals surface area contributed by atoms with Crippen LogP contribution < -0.4 is 10.9 Å². The summed E-state index contributed by atoms with van der Waals surface area (Å²) in [6.45, 7) is 7.31. The first-order chi connectivity index (χ1) is 14.3. The molecular formula is C24H25N3O3. The standard InChI is InChI=1S/C24H25N3O3/c1-5-22(24(30)25-19-10-8-18(9-11-19)17(4)28)27-23(29)13-12-21(26-27)20-14-15(2)6-7-16(20)3/h6-14,22H,5H2,1-4H3,(H,25,30)/t22-/m1/s1. The number of anilines is 1. The number of ketones is 1. The quantitative estimate of drug-likeness (QED) is 0.622. The van der Waals surface area contributed by atoms with Crippen LogP contribution in [0.3, 0.4) is 0 Å².